The third-order valence-electron chi connectivity index (χ3n) is 5.70. The molecule has 0 radical (unpaired) electrons. The second-order valence-corrected chi connectivity index (χ2v) is 7.91. The Morgan fingerprint density at radius 3 is 2.59 bits per heavy atom. The van der Waals surface area contributed by atoms with Crippen molar-refractivity contribution in [2.75, 3.05) is 59.5 Å². The standard InChI is InChI=1S/C21H30ClN3O4/c1-3-16-14-25(12-13-29-16)19(26)15-23-8-10-24(11-9-23)20(21(27)28-2)17-6-4-5-7-18(17)22/h4-7,16,20H,3,8-15H2,1-2H3. The molecule has 160 valence electrons. The summed E-state index contributed by atoms with van der Waals surface area (Å²) in [5, 5.41) is 0.554. The van der Waals surface area contributed by atoms with Crippen LogP contribution in [0.25, 0.3) is 0 Å². The highest BCUT2D eigenvalue weighted by Gasteiger charge is 2.33. The highest BCUT2D eigenvalue weighted by Crippen LogP contribution is 2.29. The van der Waals surface area contributed by atoms with Gasteiger partial charge in [-0.1, -0.05) is 36.7 Å². The largest absolute Gasteiger partial charge is 0.468 e. The number of rotatable bonds is 6. The first-order valence-electron chi connectivity index (χ1n) is 10.2. The van der Waals surface area contributed by atoms with E-state index in [1.807, 2.05) is 23.1 Å². The predicted molar refractivity (Wildman–Crippen MR) is 111 cm³/mol. The van der Waals surface area contributed by atoms with Crippen molar-refractivity contribution in [1.82, 2.24) is 14.7 Å². The van der Waals surface area contributed by atoms with Gasteiger partial charge in [0.15, 0.2) is 0 Å². The van der Waals surface area contributed by atoms with Crippen LogP contribution in [-0.4, -0.2) is 92.2 Å². The Morgan fingerprint density at radius 1 is 1.21 bits per heavy atom. The molecule has 0 aliphatic carbocycles. The number of carbonyl (C=O) groups is 2. The van der Waals surface area contributed by atoms with E-state index >= 15 is 0 Å². The van der Waals surface area contributed by atoms with Gasteiger partial charge in [-0.2, -0.15) is 0 Å². The number of ether oxygens (including phenoxy) is 2. The molecule has 0 bridgehead atoms. The topological polar surface area (TPSA) is 62.3 Å². The first kappa shape index (κ1) is 22.0. The molecule has 1 aromatic carbocycles. The van der Waals surface area contributed by atoms with E-state index in [1.165, 1.54) is 7.11 Å². The van der Waals surface area contributed by atoms with Gasteiger partial charge in [0.1, 0.15) is 6.04 Å². The Balaban J connectivity index is 1.58. The average molecular weight is 424 g/mol. The Hall–Kier alpha value is -1.67. The van der Waals surface area contributed by atoms with Crippen molar-refractivity contribution < 1.29 is 19.1 Å². The molecule has 2 fully saturated rings. The molecule has 1 aromatic rings. The molecule has 0 saturated carbocycles. The highest BCUT2D eigenvalue weighted by molar-refractivity contribution is 6.31. The van der Waals surface area contributed by atoms with E-state index in [4.69, 9.17) is 21.1 Å². The lowest BCUT2D eigenvalue weighted by atomic mass is 10.0. The molecule has 2 aliphatic heterocycles. The Bertz CT molecular complexity index is 709. The smallest absolute Gasteiger partial charge is 0.327 e. The van der Waals surface area contributed by atoms with E-state index in [-0.39, 0.29) is 18.0 Å². The third-order valence-corrected chi connectivity index (χ3v) is 6.05. The number of amides is 1. The molecule has 7 nitrogen and oxygen atoms in total. The number of hydrogen-bond acceptors (Lipinski definition) is 6. The van der Waals surface area contributed by atoms with Gasteiger partial charge in [0.05, 0.1) is 26.4 Å². The zero-order valence-corrected chi connectivity index (χ0v) is 17.9. The minimum atomic E-state index is -0.531. The van der Waals surface area contributed by atoms with Gasteiger partial charge in [0, 0.05) is 44.3 Å². The quantitative estimate of drug-likeness (QED) is 0.650. The maximum Gasteiger partial charge on any atom is 0.327 e. The van der Waals surface area contributed by atoms with Gasteiger partial charge in [-0.25, -0.2) is 4.79 Å². The molecule has 8 heteroatoms. The number of piperazine rings is 1. The van der Waals surface area contributed by atoms with Crippen molar-refractivity contribution in [3.63, 3.8) is 0 Å². The lowest BCUT2D eigenvalue weighted by Crippen LogP contribution is -2.53. The summed E-state index contributed by atoms with van der Waals surface area (Å²) in [7, 11) is 1.40. The van der Waals surface area contributed by atoms with E-state index in [2.05, 4.69) is 16.7 Å². The van der Waals surface area contributed by atoms with Crippen LogP contribution in [-0.2, 0) is 19.1 Å². The van der Waals surface area contributed by atoms with Gasteiger partial charge in [-0.15, -0.1) is 0 Å². The van der Waals surface area contributed by atoms with Gasteiger partial charge in [0.2, 0.25) is 5.91 Å². The van der Waals surface area contributed by atoms with Crippen molar-refractivity contribution >= 4 is 23.5 Å². The molecule has 2 unspecified atom stereocenters. The number of nitrogens with zero attached hydrogens (tertiary/aromatic N) is 3. The summed E-state index contributed by atoms with van der Waals surface area (Å²) in [4.78, 5) is 31.3. The fourth-order valence-corrected chi connectivity index (χ4v) is 4.18. The molecule has 2 saturated heterocycles. The molecule has 0 aromatic heterocycles. The van der Waals surface area contributed by atoms with Gasteiger partial charge >= 0.3 is 5.97 Å². The lowest BCUT2D eigenvalue weighted by molar-refractivity contribution is -0.149. The van der Waals surface area contributed by atoms with Crippen LogP contribution in [0.2, 0.25) is 5.02 Å². The number of hydrogen-bond donors (Lipinski definition) is 0. The van der Waals surface area contributed by atoms with Crippen LogP contribution in [0.15, 0.2) is 24.3 Å². The first-order valence-corrected chi connectivity index (χ1v) is 10.6. The number of esters is 1. The maximum absolute atomic E-state index is 12.7. The SMILES string of the molecule is CCC1CN(C(=O)CN2CCN(C(C(=O)OC)c3ccccc3Cl)CC2)CCO1. The number of halogens is 1. The molecule has 29 heavy (non-hydrogen) atoms. The third kappa shape index (κ3) is 5.48. The van der Waals surface area contributed by atoms with Gasteiger partial charge in [-0.05, 0) is 18.1 Å². The van der Waals surface area contributed by atoms with Gasteiger partial charge < -0.3 is 14.4 Å². The summed E-state index contributed by atoms with van der Waals surface area (Å²) < 4.78 is 10.7. The summed E-state index contributed by atoms with van der Waals surface area (Å²) in [6, 6.07) is 6.84. The molecule has 0 N–H and O–H groups in total. The summed E-state index contributed by atoms with van der Waals surface area (Å²) in [5.41, 5.74) is 0.754. The Kier molecular flexibility index (Phi) is 7.89. The molecule has 3 rings (SSSR count). The van der Waals surface area contributed by atoms with Crippen molar-refractivity contribution in [2.45, 2.75) is 25.5 Å². The Labute approximate surface area is 177 Å². The van der Waals surface area contributed by atoms with Crippen molar-refractivity contribution in [2.24, 2.45) is 0 Å². The minimum Gasteiger partial charge on any atom is -0.468 e. The highest BCUT2D eigenvalue weighted by atomic mass is 35.5. The summed E-state index contributed by atoms with van der Waals surface area (Å²) in [6.45, 7) is 7.18. The second-order valence-electron chi connectivity index (χ2n) is 7.50. The van der Waals surface area contributed by atoms with E-state index in [0.29, 0.717) is 57.4 Å². The van der Waals surface area contributed by atoms with Crippen molar-refractivity contribution in [1.29, 1.82) is 0 Å². The average Bonchev–Trinajstić information content (AvgIpc) is 2.76. The van der Waals surface area contributed by atoms with Crippen LogP contribution in [0.5, 0.6) is 0 Å². The van der Waals surface area contributed by atoms with Crippen molar-refractivity contribution in [3.05, 3.63) is 34.9 Å². The van der Waals surface area contributed by atoms with E-state index in [0.717, 1.165) is 12.0 Å². The van der Waals surface area contributed by atoms with E-state index < -0.39 is 6.04 Å². The summed E-state index contributed by atoms with van der Waals surface area (Å²) >= 11 is 6.34. The molecule has 2 heterocycles. The lowest BCUT2D eigenvalue weighted by Gasteiger charge is -2.39. The fourth-order valence-electron chi connectivity index (χ4n) is 3.94. The number of methoxy groups -OCH3 is 1. The Morgan fingerprint density at radius 2 is 1.93 bits per heavy atom. The number of morpholine rings is 1. The normalized spacial score (nSPS) is 22.3. The van der Waals surface area contributed by atoms with Crippen LogP contribution in [0.4, 0.5) is 0 Å². The molecular formula is C21H30ClN3O4. The van der Waals surface area contributed by atoms with Crippen LogP contribution < -0.4 is 0 Å². The number of carbonyl (C=O) groups excluding carboxylic acids is 2. The first-order chi connectivity index (χ1) is 14.0. The number of benzene rings is 1. The zero-order valence-electron chi connectivity index (χ0n) is 17.2. The molecule has 2 atom stereocenters. The van der Waals surface area contributed by atoms with Gasteiger partial charge in [-0.3, -0.25) is 14.6 Å². The molecular weight excluding hydrogens is 394 g/mol. The van der Waals surface area contributed by atoms with E-state index in [1.54, 1.807) is 6.07 Å². The predicted octanol–water partition coefficient (Wildman–Crippen LogP) is 1.81. The van der Waals surface area contributed by atoms with Crippen molar-refractivity contribution in [3.8, 4) is 0 Å². The van der Waals surface area contributed by atoms with Gasteiger partial charge in [0.25, 0.3) is 0 Å². The van der Waals surface area contributed by atoms with E-state index in [9.17, 15) is 9.59 Å². The van der Waals surface area contributed by atoms with Crippen LogP contribution in [0.1, 0.15) is 24.9 Å². The fraction of sp³-hybridized carbons (Fsp3) is 0.619. The second kappa shape index (κ2) is 10.4. The van der Waals surface area contributed by atoms with Crippen LogP contribution in [0.3, 0.4) is 0 Å². The zero-order chi connectivity index (χ0) is 20.8. The minimum absolute atomic E-state index is 0.140. The van der Waals surface area contributed by atoms with Crippen LogP contribution >= 0.6 is 11.6 Å². The summed E-state index contributed by atoms with van der Waals surface area (Å²) in [6.07, 6.45) is 1.06. The maximum atomic E-state index is 12.7. The molecule has 1 amide bonds. The summed E-state index contributed by atoms with van der Waals surface area (Å²) in [5.74, 6) is -0.169. The molecule has 2 aliphatic rings. The monoisotopic (exact) mass is 423 g/mol. The molecule has 0 spiro atoms. The van der Waals surface area contributed by atoms with Crippen LogP contribution in [0, 0.1) is 0 Å².